The van der Waals surface area contributed by atoms with Gasteiger partial charge in [0.25, 0.3) is 0 Å². The van der Waals surface area contributed by atoms with E-state index in [1.54, 1.807) is 18.2 Å². The van der Waals surface area contributed by atoms with Gasteiger partial charge in [0.15, 0.2) is 11.6 Å². The maximum absolute atomic E-state index is 13.2. The molecule has 0 bridgehead atoms. The normalized spacial score (nSPS) is 19.1. The van der Waals surface area contributed by atoms with Gasteiger partial charge >= 0.3 is 0 Å². The molecule has 1 fully saturated rings. The topological polar surface area (TPSA) is 49.3 Å². The van der Waals surface area contributed by atoms with Crippen LogP contribution in [0.15, 0.2) is 42.5 Å². The van der Waals surface area contributed by atoms with Crippen LogP contribution in [0.5, 0.6) is 5.75 Å². The minimum absolute atomic E-state index is 0.0165. The van der Waals surface area contributed by atoms with E-state index in [0.717, 1.165) is 24.5 Å². The van der Waals surface area contributed by atoms with E-state index in [1.165, 1.54) is 6.07 Å². The first kappa shape index (κ1) is 16.4. The number of carbonyl (C=O) groups is 1. The molecule has 2 atom stereocenters. The Hall–Kier alpha value is -2.43. The highest BCUT2D eigenvalue weighted by atomic mass is 19.2. The number of hydrogen-bond donors (Lipinski definition) is 2. The van der Waals surface area contributed by atoms with Crippen molar-refractivity contribution in [3.05, 3.63) is 65.2 Å². The maximum atomic E-state index is 13.2. The third kappa shape index (κ3) is 3.91. The van der Waals surface area contributed by atoms with Gasteiger partial charge in [-0.2, -0.15) is 0 Å². The monoisotopic (exact) mass is 331 g/mol. The van der Waals surface area contributed by atoms with Crippen LogP contribution in [0, 0.1) is 17.6 Å². The summed E-state index contributed by atoms with van der Waals surface area (Å²) in [6, 6.07) is 10.8. The van der Waals surface area contributed by atoms with E-state index in [9.17, 15) is 18.7 Å². The van der Waals surface area contributed by atoms with E-state index in [1.807, 2.05) is 12.1 Å². The van der Waals surface area contributed by atoms with Crippen LogP contribution in [0.1, 0.15) is 29.9 Å². The molecule has 1 aliphatic rings. The molecule has 1 amide bonds. The highest BCUT2D eigenvalue weighted by molar-refractivity contribution is 5.82. The number of nitrogens with one attached hydrogen (secondary N) is 1. The Balaban J connectivity index is 1.42. The summed E-state index contributed by atoms with van der Waals surface area (Å²) in [6.07, 6.45) is 2.30. The molecule has 1 aliphatic carbocycles. The lowest BCUT2D eigenvalue weighted by Crippen LogP contribution is -2.26. The van der Waals surface area contributed by atoms with Crippen molar-refractivity contribution in [1.29, 1.82) is 0 Å². The smallest absolute Gasteiger partial charge is 0.223 e. The van der Waals surface area contributed by atoms with Crippen molar-refractivity contribution in [3.8, 4) is 5.75 Å². The molecule has 0 saturated heterocycles. The number of carbonyl (C=O) groups excluding carboxylic acids is 1. The summed E-state index contributed by atoms with van der Waals surface area (Å²) in [4.78, 5) is 12.1. The Morgan fingerprint density at radius 3 is 2.58 bits per heavy atom. The van der Waals surface area contributed by atoms with Crippen LogP contribution in [0.2, 0.25) is 0 Å². The summed E-state index contributed by atoms with van der Waals surface area (Å²) >= 11 is 0. The van der Waals surface area contributed by atoms with Gasteiger partial charge in [0.1, 0.15) is 5.75 Å². The predicted octanol–water partition coefficient (Wildman–Crippen LogP) is 3.52. The molecule has 0 radical (unpaired) electrons. The number of benzene rings is 2. The van der Waals surface area contributed by atoms with Gasteiger partial charge in [-0.25, -0.2) is 8.78 Å². The number of amides is 1. The third-order valence-corrected chi connectivity index (χ3v) is 4.38. The first-order valence-electron chi connectivity index (χ1n) is 8.05. The standard InChI is InChI=1S/C19H19F2NO2/c20-17-8-5-13(10-18(17)21)15-11-16(15)19(24)22-9-1-2-12-3-6-14(23)7-4-12/h3-8,10,15-16,23H,1-2,9,11H2,(H,22,24). The zero-order valence-corrected chi connectivity index (χ0v) is 13.1. The van der Waals surface area contributed by atoms with Gasteiger partial charge in [-0.3, -0.25) is 4.79 Å². The molecule has 2 aromatic carbocycles. The van der Waals surface area contributed by atoms with Gasteiger partial charge in [0, 0.05) is 12.5 Å². The molecular weight excluding hydrogens is 312 g/mol. The van der Waals surface area contributed by atoms with Crippen LogP contribution >= 0.6 is 0 Å². The highest BCUT2D eigenvalue weighted by Crippen LogP contribution is 2.47. The quantitative estimate of drug-likeness (QED) is 0.796. The van der Waals surface area contributed by atoms with E-state index < -0.39 is 11.6 Å². The molecule has 2 N–H and O–H groups in total. The Kier molecular flexibility index (Phi) is 4.79. The van der Waals surface area contributed by atoms with Crippen molar-refractivity contribution in [1.82, 2.24) is 5.32 Å². The van der Waals surface area contributed by atoms with E-state index in [4.69, 9.17) is 0 Å². The number of phenolic OH excluding ortho intramolecular Hbond substituents is 1. The number of halogens is 2. The van der Waals surface area contributed by atoms with Crippen LogP contribution in [-0.2, 0) is 11.2 Å². The molecule has 0 spiro atoms. The van der Waals surface area contributed by atoms with Crippen molar-refractivity contribution < 1.29 is 18.7 Å². The lowest BCUT2D eigenvalue weighted by atomic mass is 10.1. The molecule has 0 heterocycles. The van der Waals surface area contributed by atoms with Gasteiger partial charge in [0.05, 0.1) is 0 Å². The van der Waals surface area contributed by atoms with Crippen LogP contribution < -0.4 is 5.32 Å². The molecule has 0 aliphatic heterocycles. The Bertz CT molecular complexity index is 731. The molecule has 3 nitrogen and oxygen atoms in total. The number of phenols is 1. The van der Waals surface area contributed by atoms with Crippen molar-refractivity contribution in [2.45, 2.75) is 25.2 Å². The number of aromatic hydroxyl groups is 1. The van der Waals surface area contributed by atoms with Crippen molar-refractivity contribution in [2.75, 3.05) is 6.54 Å². The largest absolute Gasteiger partial charge is 0.508 e. The van der Waals surface area contributed by atoms with Gasteiger partial charge < -0.3 is 10.4 Å². The first-order valence-corrected chi connectivity index (χ1v) is 8.05. The summed E-state index contributed by atoms with van der Waals surface area (Å²) in [5, 5.41) is 12.1. The van der Waals surface area contributed by atoms with Crippen LogP contribution in [-0.4, -0.2) is 17.6 Å². The molecule has 3 rings (SSSR count). The Labute approximate surface area is 139 Å². The molecule has 5 heteroatoms. The SMILES string of the molecule is O=C(NCCCc1ccc(O)cc1)C1CC1c1ccc(F)c(F)c1. The highest BCUT2D eigenvalue weighted by Gasteiger charge is 2.43. The van der Waals surface area contributed by atoms with E-state index in [-0.39, 0.29) is 23.5 Å². The summed E-state index contributed by atoms with van der Waals surface area (Å²) in [7, 11) is 0. The molecular formula is C19H19F2NO2. The number of rotatable bonds is 6. The van der Waals surface area contributed by atoms with E-state index >= 15 is 0 Å². The summed E-state index contributed by atoms with van der Waals surface area (Å²) in [6.45, 7) is 0.570. The average Bonchev–Trinajstić information content (AvgIpc) is 3.36. The molecule has 126 valence electrons. The second kappa shape index (κ2) is 6.99. The van der Waals surface area contributed by atoms with Crippen LogP contribution in [0.25, 0.3) is 0 Å². The van der Waals surface area contributed by atoms with Gasteiger partial charge in [0.2, 0.25) is 5.91 Å². The molecule has 2 aromatic rings. The molecule has 24 heavy (non-hydrogen) atoms. The van der Waals surface area contributed by atoms with Crippen molar-refractivity contribution in [3.63, 3.8) is 0 Å². The average molecular weight is 331 g/mol. The van der Waals surface area contributed by atoms with Gasteiger partial charge in [-0.15, -0.1) is 0 Å². The zero-order valence-electron chi connectivity index (χ0n) is 13.1. The lowest BCUT2D eigenvalue weighted by Gasteiger charge is -2.06. The van der Waals surface area contributed by atoms with Crippen molar-refractivity contribution >= 4 is 5.91 Å². The molecule has 1 saturated carbocycles. The molecule has 0 aromatic heterocycles. The van der Waals surface area contributed by atoms with E-state index in [0.29, 0.717) is 18.5 Å². The maximum Gasteiger partial charge on any atom is 0.223 e. The summed E-state index contributed by atoms with van der Waals surface area (Å²) < 4.78 is 26.2. The fraction of sp³-hybridized carbons (Fsp3) is 0.316. The van der Waals surface area contributed by atoms with Crippen molar-refractivity contribution in [2.24, 2.45) is 5.92 Å². The Morgan fingerprint density at radius 1 is 1.12 bits per heavy atom. The number of hydrogen-bond acceptors (Lipinski definition) is 2. The minimum atomic E-state index is -0.868. The Morgan fingerprint density at radius 2 is 1.88 bits per heavy atom. The van der Waals surface area contributed by atoms with Gasteiger partial charge in [-0.05, 0) is 60.6 Å². The summed E-state index contributed by atoms with van der Waals surface area (Å²) in [5.41, 5.74) is 1.78. The third-order valence-electron chi connectivity index (χ3n) is 4.38. The molecule has 2 unspecified atom stereocenters. The predicted molar refractivity (Wildman–Crippen MR) is 86.6 cm³/mol. The minimum Gasteiger partial charge on any atom is -0.508 e. The fourth-order valence-corrected chi connectivity index (χ4v) is 2.89. The second-order valence-corrected chi connectivity index (χ2v) is 6.18. The summed E-state index contributed by atoms with van der Waals surface area (Å²) in [5.74, 6) is -1.69. The fourth-order valence-electron chi connectivity index (χ4n) is 2.89. The van der Waals surface area contributed by atoms with Gasteiger partial charge in [-0.1, -0.05) is 18.2 Å². The van der Waals surface area contributed by atoms with Crippen LogP contribution in [0.3, 0.4) is 0 Å². The number of aryl methyl sites for hydroxylation is 1. The first-order chi connectivity index (χ1) is 11.5. The van der Waals surface area contributed by atoms with Crippen LogP contribution in [0.4, 0.5) is 8.78 Å². The second-order valence-electron chi connectivity index (χ2n) is 6.18. The zero-order chi connectivity index (χ0) is 17.1. The van der Waals surface area contributed by atoms with E-state index in [2.05, 4.69) is 5.32 Å². The lowest BCUT2D eigenvalue weighted by molar-refractivity contribution is -0.122.